The lowest BCUT2D eigenvalue weighted by Gasteiger charge is -2.10. The molecule has 0 saturated heterocycles. The Hall–Kier alpha value is -3.67. The maximum absolute atomic E-state index is 12.6. The number of hydrogen-bond donors (Lipinski definition) is 1. The fraction of sp³-hybridized carbons (Fsp3) is 0.0952. The predicted octanol–water partition coefficient (Wildman–Crippen LogP) is 3.58. The highest BCUT2D eigenvalue weighted by molar-refractivity contribution is 6.10. The number of ether oxygens (including phenoxy) is 2. The van der Waals surface area contributed by atoms with Crippen LogP contribution in [0.3, 0.4) is 0 Å². The summed E-state index contributed by atoms with van der Waals surface area (Å²) >= 11 is 0. The molecule has 0 fully saturated rings. The molecular weight excluding hydrogens is 344 g/mol. The second-order valence-corrected chi connectivity index (χ2v) is 5.70. The monoisotopic (exact) mass is 362 g/mol. The number of aromatic nitrogens is 1. The number of methoxy groups -OCH3 is 2. The van der Waals surface area contributed by atoms with Crippen molar-refractivity contribution in [2.45, 2.75) is 0 Å². The van der Waals surface area contributed by atoms with Crippen molar-refractivity contribution < 1.29 is 19.1 Å². The van der Waals surface area contributed by atoms with E-state index in [2.05, 4.69) is 10.3 Å². The van der Waals surface area contributed by atoms with E-state index in [0.29, 0.717) is 33.9 Å². The minimum absolute atomic E-state index is 0.142. The number of amides is 1. The summed E-state index contributed by atoms with van der Waals surface area (Å²) < 4.78 is 10.4. The van der Waals surface area contributed by atoms with E-state index in [1.54, 1.807) is 67.0 Å². The van der Waals surface area contributed by atoms with Gasteiger partial charge in [-0.05, 0) is 36.4 Å². The van der Waals surface area contributed by atoms with Crippen LogP contribution in [-0.2, 0) is 0 Å². The van der Waals surface area contributed by atoms with Crippen molar-refractivity contribution in [3.05, 3.63) is 83.7 Å². The lowest BCUT2D eigenvalue weighted by atomic mass is 10.0. The van der Waals surface area contributed by atoms with Gasteiger partial charge in [-0.3, -0.25) is 14.6 Å². The van der Waals surface area contributed by atoms with Gasteiger partial charge in [-0.25, -0.2) is 0 Å². The Morgan fingerprint density at radius 3 is 2.11 bits per heavy atom. The number of anilines is 1. The van der Waals surface area contributed by atoms with E-state index in [1.165, 1.54) is 14.2 Å². The first kappa shape index (κ1) is 18.1. The van der Waals surface area contributed by atoms with Gasteiger partial charge in [0.05, 0.1) is 14.2 Å². The zero-order valence-corrected chi connectivity index (χ0v) is 14.9. The minimum atomic E-state index is -0.333. The van der Waals surface area contributed by atoms with Gasteiger partial charge in [-0.1, -0.05) is 12.1 Å². The standard InChI is InChI=1S/C21H18N2O4/c1-26-18-11-16(12-19(13-18)27-2)21(25)23-17-5-3-4-15(10-17)20(24)14-6-8-22-9-7-14/h3-13H,1-2H3,(H,23,25). The molecule has 27 heavy (non-hydrogen) atoms. The first-order valence-corrected chi connectivity index (χ1v) is 8.20. The van der Waals surface area contributed by atoms with E-state index in [-0.39, 0.29) is 11.7 Å². The summed E-state index contributed by atoms with van der Waals surface area (Å²) in [5, 5.41) is 2.79. The van der Waals surface area contributed by atoms with E-state index in [1.807, 2.05) is 0 Å². The van der Waals surface area contributed by atoms with Crippen LogP contribution in [0.5, 0.6) is 11.5 Å². The third kappa shape index (κ3) is 4.30. The zero-order chi connectivity index (χ0) is 19.2. The lowest BCUT2D eigenvalue weighted by Crippen LogP contribution is -2.13. The zero-order valence-electron chi connectivity index (χ0n) is 14.9. The summed E-state index contributed by atoms with van der Waals surface area (Å²) in [6.07, 6.45) is 3.13. The van der Waals surface area contributed by atoms with Gasteiger partial charge in [0.25, 0.3) is 5.91 Å². The second kappa shape index (κ2) is 8.14. The Balaban J connectivity index is 1.82. The highest BCUT2D eigenvalue weighted by Gasteiger charge is 2.13. The molecule has 1 amide bonds. The molecule has 0 bridgehead atoms. The molecule has 0 unspecified atom stereocenters. The van der Waals surface area contributed by atoms with Gasteiger partial charge < -0.3 is 14.8 Å². The normalized spacial score (nSPS) is 10.1. The molecular formula is C21H18N2O4. The summed E-state index contributed by atoms with van der Waals surface area (Å²) in [5.74, 6) is 0.555. The first-order chi connectivity index (χ1) is 13.1. The molecule has 0 spiro atoms. The van der Waals surface area contributed by atoms with Crippen molar-refractivity contribution in [3.63, 3.8) is 0 Å². The molecule has 136 valence electrons. The highest BCUT2D eigenvalue weighted by atomic mass is 16.5. The van der Waals surface area contributed by atoms with Crippen molar-refractivity contribution in [2.24, 2.45) is 0 Å². The molecule has 0 aliphatic heterocycles. The predicted molar refractivity (Wildman–Crippen MR) is 102 cm³/mol. The molecule has 6 heteroatoms. The number of carbonyl (C=O) groups is 2. The van der Waals surface area contributed by atoms with Crippen LogP contribution in [0.15, 0.2) is 67.0 Å². The molecule has 2 aromatic carbocycles. The number of pyridine rings is 1. The Bertz CT molecular complexity index is 949. The Labute approximate surface area is 156 Å². The number of carbonyl (C=O) groups excluding carboxylic acids is 2. The maximum atomic E-state index is 12.6. The number of benzene rings is 2. The Morgan fingerprint density at radius 1 is 0.815 bits per heavy atom. The Kier molecular flexibility index (Phi) is 5.47. The van der Waals surface area contributed by atoms with Gasteiger partial charge in [-0.2, -0.15) is 0 Å². The number of ketones is 1. The van der Waals surface area contributed by atoms with Crippen molar-refractivity contribution >= 4 is 17.4 Å². The van der Waals surface area contributed by atoms with Crippen LogP contribution in [0, 0.1) is 0 Å². The number of rotatable bonds is 6. The van der Waals surface area contributed by atoms with E-state index in [4.69, 9.17) is 9.47 Å². The van der Waals surface area contributed by atoms with Crippen LogP contribution in [0.4, 0.5) is 5.69 Å². The summed E-state index contributed by atoms with van der Waals surface area (Å²) in [7, 11) is 3.04. The molecule has 3 rings (SSSR count). The van der Waals surface area contributed by atoms with Gasteiger partial charge in [0.2, 0.25) is 0 Å². The quantitative estimate of drug-likeness (QED) is 0.678. The van der Waals surface area contributed by atoms with Crippen molar-refractivity contribution in [3.8, 4) is 11.5 Å². The molecule has 0 atom stereocenters. The van der Waals surface area contributed by atoms with Crippen molar-refractivity contribution in [1.82, 2.24) is 4.98 Å². The molecule has 0 aliphatic carbocycles. The van der Waals surface area contributed by atoms with E-state index < -0.39 is 0 Å². The summed E-state index contributed by atoms with van der Waals surface area (Å²) in [6.45, 7) is 0. The molecule has 1 heterocycles. The fourth-order valence-corrected chi connectivity index (χ4v) is 2.55. The molecule has 3 aromatic rings. The van der Waals surface area contributed by atoms with Gasteiger partial charge in [-0.15, -0.1) is 0 Å². The third-order valence-electron chi connectivity index (χ3n) is 3.94. The largest absolute Gasteiger partial charge is 0.497 e. The summed E-state index contributed by atoms with van der Waals surface area (Å²) in [6, 6.07) is 15.0. The molecule has 1 N–H and O–H groups in total. The van der Waals surface area contributed by atoms with Gasteiger partial charge in [0.1, 0.15) is 11.5 Å². The third-order valence-corrected chi connectivity index (χ3v) is 3.94. The average molecular weight is 362 g/mol. The summed E-state index contributed by atoms with van der Waals surface area (Å²) in [5.41, 5.74) is 1.91. The molecule has 0 radical (unpaired) electrons. The SMILES string of the molecule is COc1cc(OC)cc(C(=O)Nc2cccc(C(=O)c3ccncc3)c2)c1. The fourth-order valence-electron chi connectivity index (χ4n) is 2.55. The minimum Gasteiger partial charge on any atom is -0.497 e. The number of nitrogens with one attached hydrogen (secondary N) is 1. The molecule has 1 aromatic heterocycles. The maximum Gasteiger partial charge on any atom is 0.255 e. The smallest absolute Gasteiger partial charge is 0.255 e. The van der Waals surface area contributed by atoms with E-state index in [9.17, 15) is 9.59 Å². The number of hydrogen-bond acceptors (Lipinski definition) is 5. The van der Waals surface area contributed by atoms with Crippen molar-refractivity contribution in [2.75, 3.05) is 19.5 Å². The molecule has 0 saturated carbocycles. The van der Waals surface area contributed by atoms with Gasteiger partial charge >= 0.3 is 0 Å². The van der Waals surface area contributed by atoms with Crippen LogP contribution in [0.1, 0.15) is 26.3 Å². The van der Waals surface area contributed by atoms with Crippen LogP contribution >= 0.6 is 0 Å². The van der Waals surface area contributed by atoms with Crippen LogP contribution in [0.2, 0.25) is 0 Å². The van der Waals surface area contributed by atoms with Gasteiger partial charge in [0, 0.05) is 40.8 Å². The summed E-state index contributed by atoms with van der Waals surface area (Å²) in [4.78, 5) is 29.0. The first-order valence-electron chi connectivity index (χ1n) is 8.20. The Morgan fingerprint density at radius 2 is 1.48 bits per heavy atom. The van der Waals surface area contributed by atoms with E-state index in [0.717, 1.165) is 0 Å². The lowest BCUT2D eigenvalue weighted by molar-refractivity contribution is 0.102. The molecule has 6 nitrogen and oxygen atoms in total. The van der Waals surface area contributed by atoms with Crippen molar-refractivity contribution in [1.29, 1.82) is 0 Å². The highest BCUT2D eigenvalue weighted by Crippen LogP contribution is 2.23. The number of nitrogens with zero attached hydrogens (tertiary/aromatic N) is 1. The van der Waals surface area contributed by atoms with E-state index >= 15 is 0 Å². The average Bonchev–Trinajstić information content (AvgIpc) is 2.73. The molecule has 0 aliphatic rings. The topological polar surface area (TPSA) is 77.5 Å². The van der Waals surface area contributed by atoms with Gasteiger partial charge in [0.15, 0.2) is 5.78 Å². The van der Waals surface area contributed by atoms with Crippen LogP contribution < -0.4 is 14.8 Å². The van der Waals surface area contributed by atoms with Crippen LogP contribution in [0.25, 0.3) is 0 Å². The van der Waals surface area contributed by atoms with Crippen LogP contribution in [-0.4, -0.2) is 30.9 Å². The second-order valence-electron chi connectivity index (χ2n) is 5.70.